The van der Waals surface area contributed by atoms with Crippen molar-refractivity contribution in [3.8, 4) is 11.5 Å². The molecule has 1 aromatic heterocycles. The van der Waals surface area contributed by atoms with Crippen LogP contribution in [0.4, 0.5) is 0 Å². The zero-order valence-corrected chi connectivity index (χ0v) is 20.1. The largest absolute Gasteiger partial charge is 0.508 e. The van der Waals surface area contributed by atoms with Crippen molar-refractivity contribution >= 4 is 0 Å². The zero-order chi connectivity index (χ0) is 22.9. The fraction of sp³-hybridized carbons (Fsp3) is 0.607. The highest BCUT2D eigenvalue weighted by atomic mass is 16.5. The van der Waals surface area contributed by atoms with Crippen LogP contribution in [0, 0.1) is 0 Å². The molecule has 4 nitrogen and oxygen atoms in total. The van der Waals surface area contributed by atoms with E-state index in [2.05, 4.69) is 6.92 Å². The SMILES string of the molecule is CCCCCCCCCCCCCCCCn1ccc(=O)c(OCc2ccc(O)cc2)c1. The summed E-state index contributed by atoms with van der Waals surface area (Å²) in [5.74, 6) is 0.606. The van der Waals surface area contributed by atoms with Gasteiger partial charge in [-0.25, -0.2) is 0 Å². The van der Waals surface area contributed by atoms with E-state index < -0.39 is 0 Å². The minimum absolute atomic E-state index is 0.0963. The van der Waals surface area contributed by atoms with E-state index in [-0.39, 0.29) is 11.2 Å². The molecule has 0 aliphatic rings. The summed E-state index contributed by atoms with van der Waals surface area (Å²) in [5.41, 5.74) is 0.825. The number of aromatic hydroxyl groups is 1. The van der Waals surface area contributed by atoms with Crippen LogP contribution >= 0.6 is 0 Å². The molecule has 1 N–H and O–H groups in total. The Morgan fingerprint density at radius 3 is 1.84 bits per heavy atom. The van der Waals surface area contributed by atoms with Gasteiger partial charge in [0.2, 0.25) is 5.43 Å². The number of pyridine rings is 1. The Labute approximate surface area is 194 Å². The molecule has 0 amide bonds. The van der Waals surface area contributed by atoms with Crippen LogP contribution in [0.1, 0.15) is 102 Å². The molecule has 0 aliphatic carbocycles. The number of aryl methyl sites for hydroxylation is 1. The number of nitrogens with zero attached hydrogens (tertiary/aromatic N) is 1. The van der Waals surface area contributed by atoms with E-state index in [0.29, 0.717) is 12.4 Å². The van der Waals surface area contributed by atoms with Crippen LogP contribution in [0.15, 0.2) is 47.5 Å². The molecule has 0 unspecified atom stereocenters. The van der Waals surface area contributed by atoms with E-state index in [1.807, 2.05) is 17.0 Å². The molecular weight excluding hydrogens is 398 g/mol. The molecule has 0 spiro atoms. The maximum atomic E-state index is 12.1. The molecule has 0 atom stereocenters. The number of unbranched alkanes of at least 4 members (excludes halogenated alkanes) is 13. The minimum Gasteiger partial charge on any atom is -0.508 e. The van der Waals surface area contributed by atoms with Gasteiger partial charge in [0.15, 0.2) is 5.75 Å². The molecular formula is C28H43NO3. The van der Waals surface area contributed by atoms with Gasteiger partial charge < -0.3 is 14.4 Å². The van der Waals surface area contributed by atoms with Crippen LogP contribution in [0.25, 0.3) is 0 Å². The van der Waals surface area contributed by atoms with Crippen LogP contribution in [0.5, 0.6) is 11.5 Å². The van der Waals surface area contributed by atoms with Crippen LogP contribution in [0.3, 0.4) is 0 Å². The molecule has 0 aliphatic heterocycles. The number of ether oxygens (including phenoxy) is 1. The number of phenols is 1. The number of phenolic OH excluding ortho intramolecular Hbond substituents is 1. The van der Waals surface area contributed by atoms with Crippen molar-refractivity contribution in [2.75, 3.05) is 0 Å². The first-order valence-corrected chi connectivity index (χ1v) is 12.8. The van der Waals surface area contributed by atoms with Crippen LogP contribution in [-0.2, 0) is 13.2 Å². The molecule has 0 radical (unpaired) electrons. The second-order valence-corrected chi connectivity index (χ2v) is 8.96. The van der Waals surface area contributed by atoms with E-state index in [9.17, 15) is 9.90 Å². The highest BCUT2D eigenvalue weighted by molar-refractivity contribution is 5.26. The molecule has 2 aromatic rings. The molecule has 2 rings (SSSR count). The lowest BCUT2D eigenvalue weighted by atomic mass is 10.0. The number of aromatic nitrogens is 1. The molecule has 32 heavy (non-hydrogen) atoms. The smallest absolute Gasteiger partial charge is 0.223 e. The van der Waals surface area contributed by atoms with Crippen molar-refractivity contribution in [1.29, 1.82) is 0 Å². The van der Waals surface area contributed by atoms with Gasteiger partial charge in [0, 0.05) is 18.8 Å². The van der Waals surface area contributed by atoms with Crippen LogP contribution in [-0.4, -0.2) is 9.67 Å². The van der Waals surface area contributed by atoms with E-state index in [1.54, 1.807) is 30.3 Å². The first kappa shape index (κ1) is 26.0. The molecule has 1 aromatic carbocycles. The lowest BCUT2D eigenvalue weighted by molar-refractivity contribution is 0.299. The molecule has 178 valence electrons. The summed E-state index contributed by atoms with van der Waals surface area (Å²) in [6, 6.07) is 8.42. The first-order valence-electron chi connectivity index (χ1n) is 12.8. The van der Waals surface area contributed by atoms with Gasteiger partial charge >= 0.3 is 0 Å². The lowest BCUT2D eigenvalue weighted by Gasteiger charge is -2.10. The van der Waals surface area contributed by atoms with Crippen LogP contribution in [0.2, 0.25) is 0 Å². The van der Waals surface area contributed by atoms with Crippen molar-refractivity contribution in [2.45, 2.75) is 110 Å². The Hall–Kier alpha value is -2.23. The Bertz CT molecular complexity index is 782. The van der Waals surface area contributed by atoms with Crippen molar-refractivity contribution in [3.05, 3.63) is 58.5 Å². The predicted molar refractivity (Wildman–Crippen MR) is 133 cm³/mol. The maximum Gasteiger partial charge on any atom is 0.223 e. The third-order valence-electron chi connectivity index (χ3n) is 6.04. The van der Waals surface area contributed by atoms with Crippen molar-refractivity contribution < 1.29 is 9.84 Å². The van der Waals surface area contributed by atoms with E-state index in [4.69, 9.17) is 4.74 Å². The molecule has 0 bridgehead atoms. The highest BCUT2D eigenvalue weighted by Crippen LogP contribution is 2.14. The summed E-state index contributed by atoms with van der Waals surface area (Å²) in [5, 5.41) is 9.35. The van der Waals surface area contributed by atoms with Crippen molar-refractivity contribution in [1.82, 2.24) is 4.57 Å². The number of hydrogen-bond acceptors (Lipinski definition) is 3. The summed E-state index contributed by atoms with van der Waals surface area (Å²) in [6.45, 7) is 3.50. The third kappa shape index (κ3) is 11.4. The van der Waals surface area contributed by atoms with E-state index >= 15 is 0 Å². The summed E-state index contributed by atoms with van der Waals surface area (Å²) >= 11 is 0. The van der Waals surface area contributed by atoms with Gasteiger partial charge in [0.1, 0.15) is 12.4 Å². The quantitative estimate of drug-likeness (QED) is 0.242. The van der Waals surface area contributed by atoms with Gasteiger partial charge in [0.25, 0.3) is 0 Å². The predicted octanol–water partition coefficient (Wildman–Crippen LogP) is 7.61. The first-order chi connectivity index (χ1) is 15.7. The summed E-state index contributed by atoms with van der Waals surface area (Å²) < 4.78 is 7.76. The highest BCUT2D eigenvalue weighted by Gasteiger charge is 2.03. The lowest BCUT2D eigenvalue weighted by Crippen LogP contribution is -2.11. The molecule has 4 heteroatoms. The Morgan fingerprint density at radius 1 is 0.750 bits per heavy atom. The molecule has 0 fully saturated rings. The summed E-state index contributed by atoms with van der Waals surface area (Å²) in [7, 11) is 0. The van der Waals surface area contributed by atoms with Crippen LogP contribution < -0.4 is 10.2 Å². The van der Waals surface area contributed by atoms with Crippen molar-refractivity contribution in [3.63, 3.8) is 0 Å². The summed E-state index contributed by atoms with van der Waals surface area (Å²) in [4.78, 5) is 12.1. The third-order valence-corrected chi connectivity index (χ3v) is 6.04. The fourth-order valence-corrected chi connectivity index (χ4v) is 3.99. The molecule has 1 heterocycles. The average Bonchev–Trinajstić information content (AvgIpc) is 2.80. The number of hydrogen-bond donors (Lipinski definition) is 1. The molecule has 0 saturated heterocycles. The normalized spacial score (nSPS) is 11.0. The Kier molecular flexibility index (Phi) is 13.3. The van der Waals surface area contributed by atoms with Gasteiger partial charge in [-0.2, -0.15) is 0 Å². The van der Waals surface area contributed by atoms with Gasteiger partial charge in [-0.05, 0) is 24.1 Å². The second kappa shape index (κ2) is 16.4. The van der Waals surface area contributed by atoms with Gasteiger partial charge in [-0.3, -0.25) is 4.79 Å². The zero-order valence-electron chi connectivity index (χ0n) is 20.1. The monoisotopic (exact) mass is 441 g/mol. The van der Waals surface area contributed by atoms with Gasteiger partial charge in [-0.1, -0.05) is 103 Å². The second-order valence-electron chi connectivity index (χ2n) is 8.96. The van der Waals surface area contributed by atoms with Gasteiger partial charge in [-0.15, -0.1) is 0 Å². The van der Waals surface area contributed by atoms with Crippen molar-refractivity contribution in [2.24, 2.45) is 0 Å². The maximum absolute atomic E-state index is 12.1. The number of benzene rings is 1. The Balaban J connectivity index is 1.51. The minimum atomic E-state index is -0.0963. The fourth-order valence-electron chi connectivity index (χ4n) is 3.99. The Morgan fingerprint density at radius 2 is 1.28 bits per heavy atom. The van der Waals surface area contributed by atoms with E-state index in [0.717, 1.165) is 18.5 Å². The van der Waals surface area contributed by atoms with Gasteiger partial charge in [0.05, 0.1) is 6.20 Å². The summed E-state index contributed by atoms with van der Waals surface area (Å²) in [6.07, 6.45) is 22.6. The average molecular weight is 442 g/mol. The van der Waals surface area contributed by atoms with E-state index in [1.165, 1.54) is 83.5 Å². The standard InChI is InChI=1S/C28H43NO3/c1-2-3-4-5-6-7-8-9-10-11-12-13-14-15-21-29-22-20-27(31)28(23-29)32-24-25-16-18-26(30)19-17-25/h16-20,22-23,30H,2-15,21,24H2,1H3. The topological polar surface area (TPSA) is 51.5 Å². The molecule has 0 saturated carbocycles. The number of rotatable bonds is 18.